The maximum Gasteiger partial charge on any atom is 0.253 e. The van der Waals surface area contributed by atoms with Crippen LogP contribution < -0.4 is 0 Å². The number of imidazole rings is 1. The summed E-state index contributed by atoms with van der Waals surface area (Å²) in [6.45, 7) is 2.00. The molecule has 0 aliphatic rings. The van der Waals surface area contributed by atoms with Gasteiger partial charge in [-0.15, -0.1) is 0 Å². The number of amides is 1. The predicted molar refractivity (Wildman–Crippen MR) is 69.8 cm³/mol. The Morgan fingerprint density at radius 3 is 2.67 bits per heavy atom. The molecule has 18 heavy (non-hydrogen) atoms. The maximum absolute atomic E-state index is 11.9. The molecule has 0 saturated heterocycles. The molecule has 1 N–H and O–H groups in total. The molecular formula is C13H17N3O2. The summed E-state index contributed by atoms with van der Waals surface area (Å²) in [6.07, 6.45) is 0.779. The van der Waals surface area contributed by atoms with Gasteiger partial charge in [-0.05, 0) is 12.1 Å². The first-order chi connectivity index (χ1) is 8.45. The zero-order chi connectivity index (χ0) is 13.4. The molecule has 5 nitrogen and oxygen atoms in total. The smallest absolute Gasteiger partial charge is 0.253 e. The van der Waals surface area contributed by atoms with Crippen molar-refractivity contribution in [2.75, 3.05) is 14.1 Å². The van der Waals surface area contributed by atoms with Gasteiger partial charge < -0.3 is 14.6 Å². The number of nitrogens with zero attached hydrogens (tertiary/aromatic N) is 3. The number of hydrogen-bond donors (Lipinski definition) is 1. The molecule has 2 aromatic rings. The van der Waals surface area contributed by atoms with Crippen molar-refractivity contribution in [1.29, 1.82) is 0 Å². The quantitative estimate of drug-likeness (QED) is 0.875. The van der Waals surface area contributed by atoms with E-state index in [1.54, 1.807) is 20.2 Å². The second-order valence-corrected chi connectivity index (χ2v) is 4.50. The minimum Gasteiger partial charge on any atom is -0.506 e. The lowest BCUT2D eigenvalue weighted by Crippen LogP contribution is -2.21. The van der Waals surface area contributed by atoms with Crippen molar-refractivity contribution in [1.82, 2.24) is 14.5 Å². The van der Waals surface area contributed by atoms with E-state index in [0.717, 1.165) is 17.8 Å². The Bertz CT molecular complexity index is 614. The van der Waals surface area contributed by atoms with Gasteiger partial charge in [-0.2, -0.15) is 0 Å². The van der Waals surface area contributed by atoms with Crippen LogP contribution in [-0.2, 0) is 13.5 Å². The zero-order valence-corrected chi connectivity index (χ0v) is 11.1. The number of rotatable bonds is 2. The summed E-state index contributed by atoms with van der Waals surface area (Å²) in [5.74, 6) is 0.800. The van der Waals surface area contributed by atoms with E-state index in [1.807, 2.05) is 18.5 Å². The molecule has 1 heterocycles. The van der Waals surface area contributed by atoms with Gasteiger partial charge in [0.15, 0.2) is 0 Å². The van der Waals surface area contributed by atoms with Gasteiger partial charge in [0.05, 0.1) is 5.52 Å². The number of carbonyl (C=O) groups excluding carboxylic acids is 1. The van der Waals surface area contributed by atoms with Crippen LogP contribution in [-0.4, -0.2) is 39.6 Å². The number of phenols is 1. The first kappa shape index (κ1) is 12.4. The van der Waals surface area contributed by atoms with Crippen LogP contribution in [0.1, 0.15) is 23.1 Å². The first-order valence-electron chi connectivity index (χ1n) is 5.85. The lowest BCUT2D eigenvalue weighted by Gasteiger charge is -2.10. The summed E-state index contributed by atoms with van der Waals surface area (Å²) in [7, 11) is 5.26. The van der Waals surface area contributed by atoms with Crippen LogP contribution in [0, 0.1) is 0 Å². The number of carbonyl (C=O) groups is 1. The van der Waals surface area contributed by atoms with Gasteiger partial charge in [0.2, 0.25) is 0 Å². The Kier molecular flexibility index (Phi) is 2.98. The fourth-order valence-electron chi connectivity index (χ4n) is 2.02. The average Bonchev–Trinajstić information content (AvgIpc) is 2.66. The third-order valence-electron chi connectivity index (χ3n) is 3.03. The van der Waals surface area contributed by atoms with E-state index < -0.39 is 0 Å². The molecule has 0 spiro atoms. The highest BCUT2D eigenvalue weighted by Crippen LogP contribution is 2.27. The van der Waals surface area contributed by atoms with E-state index in [2.05, 4.69) is 4.98 Å². The highest BCUT2D eigenvalue weighted by Gasteiger charge is 2.15. The second kappa shape index (κ2) is 4.33. The van der Waals surface area contributed by atoms with Gasteiger partial charge in [0.25, 0.3) is 5.91 Å². The van der Waals surface area contributed by atoms with E-state index in [9.17, 15) is 9.90 Å². The monoisotopic (exact) mass is 247 g/mol. The zero-order valence-electron chi connectivity index (χ0n) is 11.1. The van der Waals surface area contributed by atoms with Crippen LogP contribution in [0.5, 0.6) is 5.75 Å². The van der Waals surface area contributed by atoms with E-state index in [1.165, 1.54) is 11.0 Å². The number of aromatic nitrogens is 2. The molecule has 0 fully saturated rings. The highest BCUT2D eigenvalue weighted by atomic mass is 16.3. The summed E-state index contributed by atoms with van der Waals surface area (Å²) < 4.78 is 1.90. The lowest BCUT2D eigenvalue weighted by molar-refractivity contribution is 0.0827. The molecule has 1 amide bonds. The van der Waals surface area contributed by atoms with E-state index >= 15 is 0 Å². The molecule has 1 aromatic heterocycles. The molecule has 0 radical (unpaired) electrons. The minimum absolute atomic E-state index is 0.0491. The second-order valence-electron chi connectivity index (χ2n) is 4.50. The average molecular weight is 247 g/mol. The van der Waals surface area contributed by atoms with Gasteiger partial charge in [-0.25, -0.2) is 4.98 Å². The summed E-state index contributed by atoms with van der Waals surface area (Å²) in [4.78, 5) is 17.8. The molecule has 0 bridgehead atoms. The summed E-state index contributed by atoms with van der Waals surface area (Å²) in [6, 6.07) is 3.24. The third kappa shape index (κ3) is 1.81. The van der Waals surface area contributed by atoms with E-state index in [-0.39, 0.29) is 11.7 Å². The van der Waals surface area contributed by atoms with Crippen molar-refractivity contribution < 1.29 is 9.90 Å². The van der Waals surface area contributed by atoms with E-state index in [4.69, 9.17) is 0 Å². The number of hydrogen-bond acceptors (Lipinski definition) is 3. The van der Waals surface area contributed by atoms with Crippen LogP contribution in [0.15, 0.2) is 12.1 Å². The van der Waals surface area contributed by atoms with Gasteiger partial charge in [-0.3, -0.25) is 4.79 Å². The molecule has 0 aliphatic carbocycles. The fourth-order valence-corrected chi connectivity index (χ4v) is 2.02. The van der Waals surface area contributed by atoms with Crippen LogP contribution in [0.4, 0.5) is 0 Å². The molecule has 0 saturated carbocycles. The molecule has 0 aliphatic heterocycles. The Balaban J connectivity index is 2.68. The summed E-state index contributed by atoms with van der Waals surface area (Å²) in [5, 5.41) is 9.97. The fraction of sp³-hybridized carbons (Fsp3) is 0.385. The van der Waals surface area contributed by atoms with Crippen molar-refractivity contribution >= 4 is 16.9 Å². The largest absolute Gasteiger partial charge is 0.506 e. The standard InChI is InChI=1S/C13H17N3O2/c1-5-11-14-12-9(16(11)4)6-8(7-10(12)17)13(18)15(2)3/h6-7,17H,5H2,1-4H3. The van der Waals surface area contributed by atoms with Crippen LogP contribution in [0.25, 0.3) is 11.0 Å². The highest BCUT2D eigenvalue weighted by molar-refractivity contribution is 5.99. The van der Waals surface area contributed by atoms with Crippen molar-refractivity contribution in [3.63, 3.8) is 0 Å². The topological polar surface area (TPSA) is 58.4 Å². The summed E-state index contributed by atoms with van der Waals surface area (Å²) >= 11 is 0. The Morgan fingerprint density at radius 2 is 2.11 bits per heavy atom. The molecule has 5 heteroatoms. The van der Waals surface area contributed by atoms with Gasteiger partial charge in [0, 0.05) is 33.1 Å². The summed E-state index contributed by atoms with van der Waals surface area (Å²) in [5.41, 5.74) is 1.79. The van der Waals surface area contributed by atoms with Crippen molar-refractivity contribution in [2.24, 2.45) is 7.05 Å². The Morgan fingerprint density at radius 1 is 1.44 bits per heavy atom. The first-order valence-corrected chi connectivity index (χ1v) is 5.85. The van der Waals surface area contributed by atoms with Gasteiger partial charge >= 0.3 is 0 Å². The number of fused-ring (bicyclic) bond motifs is 1. The number of phenolic OH excluding ortho intramolecular Hbond substituents is 1. The Hall–Kier alpha value is -2.04. The minimum atomic E-state index is -0.133. The molecule has 0 unspecified atom stereocenters. The molecule has 2 rings (SSSR count). The normalized spacial score (nSPS) is 10.9. The maximum atomic E-state index is 11.9. The third-order valence-corrected chi connectivity index (χ3v) is 3.03. The molecule has 0 atom stereocenters. The van der Waals surface area contributed by atoms with Crippen molar-refractivity contribution in [3.8, 4) is 5.75 Å². The lowest BCUT2D eigenvalue weighted by atomic mass is 10.1. The van der Waals surface area contributed by atoms with Crippen LogP contribution >= 0.6 is 0 Å². The predicted octanol–water partition coefficient (Wildman–Crippen LogP) is 1.54. The number of aromatic hydroxyl groups is 1. The van der Waals surface area contributed by atoms with E-state index in [0.29, 0.717) is 11.1 Å². The number of benzene rings is 1. The molecule has 96 valence electrons. The van der Waals surface area contributed by atoms with Crippen molar-refractivity contribution in [3.05, 3.63) is 23.5 Å². The number of aryl methyl sites for hydroxylation is 2. The SMILES string of the molecule is CCc1nc2c(O)cc(C(=O)N(C)C)cc2n1C. The van der Waals surface area contributed by atoms with Gasteiger partial charge in [-0.1, -0.05) is 6.92 Å². The molecular weight excluding hydrogens is 230 g/mol. The Labute approximate surface area is 106 Å². The van der Waals surface area contributed by atoms with Crippen LogP contribution in [0.3, 0.4) is 0 Å². The molecule has 1 aromatic carbocycles. The van der Waals surface area contributed by atoms with Crippen LogP contribution in [0.2, 0.25) is 0 Å². The van der Waals surface area contributed by atoms with Crippen molar-refractivity contribution in [2.45, 2.75) is 13.3 Å². The van der Waals surface area contributed by atoms with Gasteiger partial charge in [0.1, 0.15) is 17.1 Å².